The zero-order valence-electron chi connectivity index (χ0n) is 16.9. The van der Waals surface area contributed by atoms with Crippen LogP contribution >= 0.6 is 0 Å². The Morgan fingerprint density at radius 1 is 1.03 bits per heavy atom. The molecule has 1 fully saturated rings. The highest BCUT2D eigenvalue weighted by Crippen LogP contribution is 2.24. The Balaban J connectivity index is 1.49. The second-order valence-corrected chi connectivity index (χ2v) is 7.39. The summed E-state index contributed by atoms with van der Waals surface area (Å²) in [5.74, 6) is -0.180. The molecule has 1 saturated heterocycles. The van der Waals surface area contributed by atoms with Crippen molar-refractivity contribution in [3.8, 4) is 5.75 Å². The molecule has 0 saturated carbocycles. The third-order valence-electron chi connectivity index (χ3n) is 5.26. The van der Waals surface area contributed by atoms with Gasteiger partial charge < -0.3 is 20.1 Å². The molecule has 3 rings (SSSR count). The number of ether oxygens (including phenoxy) is 2. The number of likely N-dealkylation sites (tertiary alicyclic amines) is 1. The molecule has 1 heterocycles. The number of hydrogen-bond donors (Lipinski definition) is 2. The van der Waals surface area contributed by atoms with Crippen molar-refractivity contribution < 1.29 is 19.1 Å². The van der Waals surface area contributed by atoms with Crippen molar-refractivity contribution in [1.29, 1.82) is 5.41 Å². The summed E-state index contributed by atoms with van der Waals surface area (Å²) in [5.41, 5.74) is 6.63. The van der Waals surface area contributed by atoms with Crippen LogP contribution in [0.1, 0.15) is 41.6 Å². The molecule has 7 heteroatoms. The van der Waals surface area contributed by atoms with Crippen LogP contribution in [0, 0.1) is 11.3 Å². The van der Waals surface area contributed by atoms with Gasteiger partial charge in [0.15, 0.2) is 5.96 Å². The maximum absolute atomic E-state index is 12.5. The number of nitrogens with two attached hydrogens (primary N) is 1. The first kappa shape index (κ1) is 21.4. The number of hydrogen-bond acceptors (Lipinski definition) is 5. The highest BCUT2D eigenvalue weighted by atomic mass is 16.5. The van der Waals surface area contributed by atoms with Gasteiger partial charge in [-0.1, -0.05) is 42.5 Å². The van der Waals surface area contributed by atoms with E-state index in [0.29, 0.717) is 12.3 Å². The van der Waals surface area contributed by atoms with Crippen molar-refractivity contribution in [1.82, 2.24) is 4.90 Å². The van der Waals surface area contributed by atoms with Gasteiger partial charge in [0.1, 0.15) is 17.9 Å². The summed E-state index contributed by atoms with van der Waals surface area (Å²) >= 11 is 0. The van der Waals surface area contributed by atoms with Gasteiger partial charge in [-0.05, 0) is 42.9 Å². The SMILES string of the molecule is N=C(N)N1CCC(CCC(=O)Oc2ccccc2C(=O)OCc2ccccc2)CC1. The molecule has 2 aromatic rings. The minimum absolute atomic E-state index is 0.101. The second-order valence-electron chi connectivity index (χ2n) is 7.39. The van der Waals surface area contributed by atoms with Gasteiger partial charge in [0.05, 0.1) is 0 Å². The fourth-order valence-corrected chi connectivity index (χ4v) is 3.48. The largest absolute Gasteiger partial charge is 0.457 e. The highest BCUT2D eigenvalue weighted by Gasteiger charge is 2.22. The molecule has 158 valence electrons. The molecule has 30 heavy (non-hydrogen) atoms. The predicted molar refractivity (Wildman–Crippen MR) is 113 cm³/mol. The van der Waals surface area contributed by atoms with Crippen LogP contribution in [0.2, 0.25) is 0 Å². The smallest absolute Gasteiger partial charge is 0.342 e. The number of rotatable bonds is 7. The molecule has 0 aromatic heterocycles. The first-order valence-corrected chi connectivity index (χ1v) is 10.1. The van der Waals surface area contributed by atoms with Crippen molar-refractivity contribution in [3.63, 3.8) is 0 Å². The molecule has 2 aromatic carbocycles. The molecule has 0 aliphatic carbocycles. The van der Waals surface area contributed by atoms with Gasteiger partial charge in [0.2, 0.25) is 0 Å². The first-order chi connectivity index (χ1) is 14.5. The molecule has 1 aliphatic rings. The van der Waals surface area contributed by atoms with E-state index in [1.807, 2.05) is 35.2 Å². The Labute approximate surface area is 176 Å². The number of nitrogens with zero attached hydrogens (tertiary/aromatic N) is 1. The van der Waals surface area contributed by atoms with Crippen molar-refractivity contribution >= 4 is 17.9 Å². The Hall–Kier alpha value is -3.35. The fourth-order valence-electron chi connectivity index (χ4n) is 3.48. The quantitative estimate of drug-likeness (QED) is 0.314. The average molecular weight is 409 g/mol. The normalized spacial score (nSPS) is 14.2. The number of esters is 2. The number of nitrogens with one attached hydrogen (secondary N) is 1. The van der Waals surface area contributed by atoms with Crippen LogP contribution in [-0.4, -0.2) is 35.9 Å². The minimum atomic E-state index is -0.529. The van der Waals surface area contributed by atoms with E-state index in [1.165, 1.54) is 0 Å². The van der Waals surface area contributed by atoms with Gasteiger partial charge in [-0.2, -0.15) is 0 Å². The van der Waals surface area contributed by atoms with Crippen LogP contribution < -0.4 is 10.5 Å². The molecule has 7 nitrogen and oxygen atoms in total. The lowest BCUT2D eigenvalue weighted by atomic mass is 9.92. The van der Waals surface area contributed by atoms with Gasteiger partial charge in [-0.15, -0.1) is 0 Å². The molecule has 0 unspecified atom stereocenters. The zero-order chi connectivity index (χ0) is 21.3. The van der Waals surface area contributed by atoms with Crippen LogP contribution in [0.4, 0.5) is 0 Å². The zero-order valence-corrected chi connectivity index (χ0v) is 16.9. The highest BCUT2D eigenvalue weighted by molar-refractivity contribution is 5.93. The van der Waals surface area contributed by atoms with Crippen molar-refractivity contribution in [3.05, 3.63) is 65.7 Å². The summed E-state index contributed by atoms with van der Waals surface area (Å²) in [4.78, 5) is 26.6. The maximum atomic E-state index is 12.5. The van der Waals surface area contributed by atoms with Crippen LogP contribution in [0.5, 0.6) is 5.75 Å². The maximum Gasteiger partial charge on any atom is 0.342 e. The Kier molecular flexibility index (Phi) is 7.43. The van der Waals surface area contributed by atoms with Gasteiger partial charge in [-0.3, -0.25) is 10.2 Å². The van der Waals surface area contributed by atoms with Gasteiger partial charge >= 0.3 is 11.9 Å². The number of para-hydroxylation sites is 1. The molecular weight excluding hydrogens is 382 g/mol. The van der Waals surface area contributed by atoms with Crippen molar-refractivity contribution in [2.45, 2.75) is 32.3 Å². The molecular formula is C23H27N3O4. The summed E-state index contributed by atoms with van der Waals surface area (Å²) in [5, 5.41) is 7.48. The van der Waals surface area contributed by atoms with E-state index in [4.69, 9.17) is 20.6 Å². The van der Waals surface area contributed by atoms with Crippen molar-refractivity contribution in [2.75, 3.05) is 13.1 Å². The lowest BCUT2D eigenvalue weighted by Gasteiger charge is -2.31. The third kappa shape index (κ3) is 6.07. The summed E-state index contributed by atoms with van der Waals surface area (Å²) < 4.78 is 10.8. The Bertz CT molecular complexity index is 877. The summed E-state index contributed by atoms with van der Waals surface area (Å²) in [6.45, 7) is 1.64. The average Bonchev–Trinajstić information content (AvgIpc) is 2.77. The monoisotopic (exact) mass is 409 g/mol. The Morgan fingerprint density at radius 3 is 2.40 bits per heavy atom. The second kappa shape index (κ2) is 10.4. The van der Waals surface area contributed by atoms with Crippen LogP contribution in [-0.2, 0) is 16.1 Å². The van der Waals surface area contributed by atoms with E-state index in [1.54, 1.807) is 24.3 Å². The molecule has 3 N–H and O–H groups in total. The van der Waals surface area contributed by atoms with E-state index < -0.39 is 5.97 Å². The molecule has 1 aliphatic heterocycles. The lowest BCUT2D eigenvalue weighted by molar-refractivity contribution is -0.134. The predicted octanol–water partition coefficient (Wildman–Crippen LogP) is 3.33. The number of guanidine groups is 1. The van der Waals surface area contributed by atoms with E-state index in [2.05, 4.69) is 0 Å². The fraction of sp³-hybridized carbons (Fsp3) is 0.348. The van der Waals surface area contributed by atoms with Gasteiger partial charge in [0, 0.05) is 19.5 Å². The van der Waals surface area contributed by atoms with Crippen LogP contribution in [0.3, 0.4) is 0 Å². The van der Waals surface area contributed by atoms with Crippen LogP contribution in [0.15, 0.2) is 54.6 Å². The topological polar surface area (TPSA) is 106 Å². The summed E-state index contributed by atoms with van der Waals surface area (Å²) in [7, 11) is 0. The summed E-state index contributed by atoms with van der Waals surface area (Å²) in [6, 6.07) is 16.0. The minimum Gasteiger partial charge on any atom is -0.457 e. The van der Waals surface area contributed by atoms with E-state index in [9.17, 15) is 9.59 Å². The Morgan fingerprint density at radius 2 is 1.70 bits per heavy atom. The number of carbonyl (C=O) groups excluding carboxylic acids is 2. The molecule has 0 atom stereocenters. The number of piperidine rings is 1. The molecule has 0 radical (unpaired) electrons. The molecule has 0 amide bonds. The lowest BCUT2D eigenvalue weighted by Crippen LogP contribution is -2.42. The first-order valence-electron chi connectivity index (χ1n) is 10.1. The standard InChI is InChI=1S/C23H27N3O4/c24-23(25)26-14-12-17(13-15-26)10-11-21(27)30-20-9-5-4-8-19(20)22(28)29-16-18-6-2-1-3-7-18/h1-9,17H,10-16H2,(H3,24,25). The third-order valence-corrected chi connectivity index (χ3v) is 5.26. The van der Waals surface area contributed by atoms with E-state index >= 15 is 0 Å². The molecule has 0 spiro atoms. The summed E-state index contributed by atoms with van der Waals surface area (Å²) in [6.07, 6.45) is 2.79. The van der Waals surface area contributed by atoms with Gasteiger partial charge in [-0.25, -0.2) is 4.79 Å². The van der Waals surface area contributed by atoms with E-state index in [-0.39, 0.29) is 36.3 Å². The van der Waals surface area contributed by atoms with E-state index in [0.717, 1.165) is 31.5 Å². The molecule has 0 bridgehead atoms. The van der Waals surface area contributed by atoms with Crippen LogP contribution in [0.25, 0.3) is 0 Å². The number of carbonyl (C=O) groups is 2. The van der Waals surface area contributed by atoms with Crippen molar-refractivity contribution in [2.24, 2.45) is 11.7 Å². The van der Waals surface area contributed by atoms with Gasteiger partial charge in [0.25, 0.3) is 0 Å². The number of benzene rings is 2.